The molecule has 0 fully saturated rings. The van der Waals surface area contributed by atoms with Crippen LogP contribution < -0.4 is 5.73 Å². The Morgan fingerprint density at radius 1 is 1.29 bits per heavy atom. The van der Waals surface area contributed by atoms with E-state index in [0.29, 0.717) is 5.82 Å². The molecule has 1 aromatic carbocycles. The van der Waals surface area contributed by atoms with Crippen molar-refractivity contribution in [3.8, 4) is 21.7 Å². The number of hydrogen-bond acceptors (Lipinski definition) is 3. The lowest BCUT2D eigenvalue weighted by atomic mass is 10.0. The number of nitrogens with two attached hydrogens (primary N) is 1. The van der Waals surface area contributed by atoms with Crippen LogP contribution in [-0.4, -0.2) is 9.78 Å². The third-order valence-electron chi connectivity index (χ3n) is 3.45. The van der Waals surface area contributed by atoms with Gasteiger partial charge in [-0.3, -0.25) is 4.68 Å². The van der Waals surface area contributed by atoms with Crippen LogP contribution >= 0.6 is 27.3 Å². The van der Waals surface area contributed by atoms with Gasteiger partial charge in [0.25, 0.3) is 0 Å². The zero-order chi connectivity index (χ0) is 15.0. The molecule has 2 N–H and O–H groups in total. The molecule has 0 saturated heterocycles. The van der Waals surface area contributed by atoms with Gasteiger partial charge in [0.05, 0.1) is 10.4 Å². The van der Waals surface area contributed by atoms with Gasteiger partial charge in [-0.1, -0.05) is 35.0 Å². The molecule has 3 nitrogen and oxygen atoms in total. The lowest BCUT2D eigenvalue weighted by molar-refractivity contribution is 0.783. The van der Waals surface area contributed by atoms with Crippen LogP contribution in [0.1, 0.15) is 11.8 Å². The molecular formula is C16H16BrN3S. The summed E-state index contributed by atoms with van der Waals surface area (Å²) in [6.07, 6.45) is 1.04. The van der Waals surface area contributed by atoms with Gasteiger partial charge in [0, 0.05) is 16.4 Å². The molecular weight excluding hydrogens is 346 g/mol. The normalized spacial score (nSPS) is 11.0. The molecule has 0 spiro atoms. The van der Waals surface area contributed by atoms with Crippen LogP contribution in [0.15, 0.2) is 40.9 Å². The predicted octanol–water partition coefficient (Wildman–Crippen LogP) is 4.72. The van der Waals surface area contributed by atoms with Crippen LogP contribution in [0.2, 0.25) is 0 Å². The fraction of sp³-hybridized carbons (Fsp3) is 0.188. The number of rotatable bonds is 3. The van der Waals surface area contributed by atoms with Crippen molar-refractivity contribution in [1.82, 2.24) is 9.78 Å². The van der Waals surface area contributed by atoms with E-state index in [0.717, 1.165) is 32.6 Å². The topological polar surface area (TPSA) is 43.8 Å². The smallest absolute Gasteiger partial charge is 0.129 e. The zero-order valence-corrected chi connectivity index (χ0v) is 14.3. The Hall–Kier alpha value is -1.59. The maximum atomic E-state index is 6.25. The van der Waals surface area contributed by atoms with Crippen LogP contribution in [0.5, 0.6) is 0 Å². The first-order valence-electron chi connectivity index (χ1n) is 6.77. The second-order valence-electron chi connectivity index (χ2n) is 4.86. The highest BCUT2D eigenvalue weighted by Gasteiger charge is 2.18. The number of anilines is 1. The standard InChI is InChI=1S/C16H16BrN3S/c1-3-12-7-8-13(21-12)15-14(16(18)20(2)19-15)10-5-4-6-11(17)9-10/h4-9H,3,18H2,1-2H3. The predicted molar refractivity (Wildman–Crippen MR) is 93.4 cm³/mol. The first-order chi connectivity index (χ1) is 10.1. The van der Waals surface area contributed by atoms with Crippen LogP contribution in [0.4, 0.5) is 5.82 Å². The highest BCUT2D eigenvalue weighted by Crippen LogP contribution is 2.39. The second-order valence-corrected chi connectivity index (χ2v) is 6.95. The molecule has 0 amide bonds. The molecule has 21 heavy (non-hydrogen) atoms. The molecule has 108 valence electrons. The van der Waals surface area contributed by atoms with E-state index in [1.54, 1.807) is 16.0 Å². The van der Waals surface area contributed by atoms with E-state index >= 15 is 0 Å². The van der Waals surface area contributed by atoms with Gasteiger partial charge in [-0.15, -0.1) is 11.3 Å². The number of thiophene rings is 1. The van der Waals surface area contributed by atoms with Crippen LogP contribution in [0.25, 0.3) is 21.7 Å². The molecule has 0 radical (unpaired) electrons. The molecule has 3 aromatic rings. The lowest BCUT2D eigenvalue weighted by Gasteiger charge is -2.04. The molecule has 0 bridgehead atoms. The Morgan fingerprint density at radius 2 is 2.10 bits per heavy atom. The minimum Gasteiger partial charge on any atom is -0.383 e. The van der Waals surface area contributed by atoms with Gasteiger partial charge in [0.1, 0.15) is 11.5 Å². The Balaban J connectivity index is 2.20. The minimum absolute atomic E-state index is 0.689. The van der Waals surface area contributed by atoms with Crippen molar-refractivity contribution in [2.75, 3.05) is 5.73 Å². The highest BCUT2D eigenvalue weighted by atomic mass is 79.9. The fourth-order valence-electron chi connectivity index (χ4n) is 2.33. The number of aryl methyl sites for hydroxylation is 2. The van der Waals surface area contributed by atoms with E-state index in [1.807, 2.05) is 19.2 Å². The largest absolute Gasteiger partial charge is 0.383 e. The summed E-state index contributed by atoms with van der Waals surface area (Å²) in [7, 11) is 1.88. The summed E-state index contributed by atoms with van der Waals surface area (Å²) in [6, 6.07) is 12.5. The molecule has 0 aliphatic rings. The molecule has 0 unspecified atom stereocenters. The number of benzene rings is 1. The maximum absolute atomic E-state index is 6.25. The van der Waals surface area contributed by atoms with Gasteiger partial charge < -0.3 is 5.73 Å². The molecule has 2 aromatic heterocycles. The Bertz CT molecular complexity index is 789. The molecule has 0 aliphatic carbocycles. The van der Waals surface area contributed by atoms with Crippen molar-refractivity contribution >= 4 is 33.1 Å². The maximum Gasteiger partial charge on any atom is 0.129 e. The van der Waals surface area contributed by atoms with Gasteiger partial charge >= 0.3 is 0 Å². The fourth-order valence-corrected chi connectivity index (χ4v) is 3.67. The first-order valence-corrected chi connectivity index (χ1v) is 8.38. The molecule has 0 atom stereocenters. The van der Waals surface area contributed by atoms with E-state index in [-0.39, 0.29) is 0 Å². The first kappa shape index (κ1) is 14.4. The number of nitrogen functional groups attached to an aromatic ring is 1. The lowest BCUT2D eigenvalue weighted by Crippen LogP contribution is -1.97. The third kappa shape index (κ3) is 2.63. The summed E-state index contributed by atoms with van der Waals surface area (Å²) in [6.45, 7) is 2.16. The van der Waals surface area contributed by atoms with Crippen molar-refractivity contribution in [2.45, 2.75) is 13.3 Å². The monoisotopic (exact) mass is 361 g/mol. The minimum atomic E-state index is 0.689. The van der Waals surface area contributed by atoms with Crippen LogP contribution in [-0.2, 0) is 13.5 Å². The molecule has 3 rings (SSSR count). The summed E-state index contributed by atoms with van der Waals surface area (Å²) in [5.41, 5.74) is 9.29. The molecule has 0 saturated carbocycles. The van der Waals surface area contributed by atoms with Crippen molar-refractivity contribution < 1.29 is 0 Å². The third-order valence-corrected chi connectivity index (χ3v) is 5.18. The number of nitrogens with zero attached hydrogens (tertiary/aromatic N) is 2. The van der Waals surface area contributed by atoms with Gasteiger partial charge in [-0.05, 0) is 36.2 Å². The van der Waals surface area contributed by atoms with Gasteiger partial charge in [0.2, 0.25) is 0 Å². The SMILES string of the molecule is CCc1ccc(-c2nn(C)c(N)c2-c2cccc(Br)c2)s1. The number of halogens is 1. The van der Waals surface area contributed by atoms with Crippen LogP contribution in [0.3, 0.4) is 0 Å². The van der Waals surface area contributed by atoms with E-state index in [1.165, 1.54) is 4.88 Å². The quantitative estimate of drug-likeness (QED) is 0.733. The average Bonchev–Trinajstić information content (AvgIpc) is 3.05. The van der Waals surface area contributed by atoms with Gasteiger partial charge in [-0.2, -0.15) is 5.10 Å². The Labute approximate surface area is 136 Å². The summed E-state index contributed by atoms with van der Waals surface area (Å²) in [4.78, 5) is 2.52. The zero-order valence-electron chi connectivity index (χ0n) is 11.9. The van der Waals surface area contributed by atoms with Crippen molar-refractivity contribution in [3.63, 3.8) is 0 Å². The molecule has 2 heterocycles. The summed E-state index contributed by atoms with van der Waals surface area (Å²) in [5, 5.41) is 4.62. The highest BCUT2D eigenvalue weighted by molar-refractivity contribution is 9.10. The van der Waals surface area contributed by atoms with E-state index < -0.39 is 0 Å². The summed E-state index contributed by atoms with van der Waals surface area (Å²) >= 11 is 5.30. The van der Waals surface area contributed by atoms with Gasteiger partial charge in [0.15, 0.2) is 0 Å². The van der Waals surface area contributed by atoms with E-state index in [4.69, 9.17) is 5.73 Å². The average molecular weight is 362 g/mol. The molecule has 5 heteroatoms. The summed E-state index contributed by atoms with van der Waals surface area (Å²) < 4.78 is 2.78. The van der Waals surface area contributed by atoms with Crippen molar-refractivity contribution in [1.29, 1.82) is 0 Å². The van der Waals surface area contributed by atoms with Crippen molar-refractivity contribution in [3.05, 3.63) is 45.7 Å². The summed E-state index contributed by atoms with van der Waals surface area (Å²) in [5.74, 6) is 0.689. The number of aromatic nitrogens is 2. The second kappa shape index (κ2) is 5.66. The Kier molecular flexibility index (Phi) is 3.87. The molecule has 0 aliphatic heterocycles. The van der Waals surface area contributed by atoms with Crippen molar-refractivity contribution in [2.24, 2.45) is 7.05 Å². The number of hydrogen-bond donors (Lipinski definition) is 1. The van der Waals surface area contributed by atoms with E-state index in [2.05, 4.69) is 52.2 Å². The van der Waals surface area contributed by atoms with E-state index in [9.17, 15) is 0 Å². The van der Waals surface area contributed by atoms with Gasteiger partial charge in [-0.25, -0.2) is 0 Å². The van der Waals surface area contributed by atoms with Crippen LogP contribution in [0, 0.1) is 0 Å². The Morgan fingerprint density at radius 3 is 2.76 bits per heavy atom.